The molecule has 2 aliphatic heterocycles. The molecule has 0 fully saturated rings. The summed E-state index contributed by atoms with van der Waals surface area (Å²) in [5.41, 5.74) is 2.86. The summed E-state index contributed by atoms with van der Waals surface area (Å²) in [7, 11) is 1.56. The van der Waals surface area contributed by atoms with Crippen molar-refractivity contribution < 1.29 is 14.6 Å². The Morgan fingerprint density at radius 1 is 1.75 bits per heavy atom. The van der Waals surface area contributed by atoms with Gasteiger partial charge in [-0.3, -0.25) is 5.01 Å². The minimum absolute atomic E-state index is 0.0476. The Balaban J connectivity index is 2.25. The fourth-order valence-corrected chi connectivity index (χ4v) is 1.58. The standard InChI is InChI=1S/C8H10N4O3S/c1-15-4-11-3-6-9-5(8(13)14)2-7(16)12(6)10-11/h2-3,10,16H,4H2,1H3,(H,13,14). The minimum Gasteiger partial charge on any atom is -0.477 e. The largest absolute Gasteiger partial charge is 0.477 e. The summed E-state index contributed by atoms with van der Waals surface area (Å²) in [6.45, 7) is 0.318. The predicted molar refractivity (Wildman–Crippen MR) is 58.9 cm³/mol. The summed E-state index contributed by atoms with van der Waals surface area (Å²) in [5, 5.41) is 12.5. The maximum Gasteiger partial charge on any atom is 0.354 e. The first-order valence-electron chi connectivity index (χ1n) is 4.38. The van der Waals surface area contributed by atoms with Crippen LogP contribution >= 0.6 is 12.6 Å². The van der Waals surface area contributed by atoms with Crippen LogP contribution in [0.2, 0.25) is 0 Å². The van der Waals surface area contributed by atoms with E-state index >= 15 is 0 Å². The number of hydrogen-bond donors (Lipinski definition) is 3. The first-order valence-corrected chi connectivity index (χ1v) is 4.83. The van der Waals surface area contributed by atoms with Crippen LogP contribution in [-0.4, -0.2) is 40.6 Å². The van der Waals surface area contributed by atoms with Gasteiger partial charge in [0.15, 0.2) is 11.5 Å². The molecule has 16 heavy (non-hydrogen) atoms. The molecule has 0 aromatic heterocycles. The lowest BCUT2D eigenvalue weighted by atomic mass is 10.3. The van der Waals surface area contributed by atoms with Gasteiger partial charge in [-0.15, -0.1) is 18.2 Å². The lowest BCUT2D eigenvalue weighted by Gasteiger charge is -2.24. The van der Waals surface area contributed by atoms with Gasteiger partial charge in [0.05, 0.1) is 11.2 Å². The minimum atomic E-state index is -1.09. The number of aliphatic carboxylic acids is 1. The zero-order valence-electron chi connectivity index (χ0n) is 8.41. The van der Waals surface area contributed by atoms with Gasteiger partial charge in [0, 0.05) is 13.2 Å². The van der Waals surface area contributed by atoms with Crippen molar-refractivity contribution in [2.45, 2.75) is 0 Å². The van der Waals surface area contributed by atoms with Crippen LogP contribution < -0.4 is 5.53 Å². The van der Waals surface area contributed by atoms with Crippen LogP contribution in [0, 0.1) is 0 Å². The van der Waals surface area contributed by atoms with E-state index in [-0.39, 0.29) is 5.71 Å². The zero-order valence-corrected chi connectivity index (χ0v) is 9.31. The highest BCUT2D eigenvalue weighted by Crippen LogP contribution is 2.24. The molecule has 0 bridgehead atoms. The second kappa shape index (κ2) is 4.16. The monoisotopic (exact) mass is 242 g/mol. The molecule has 0 unspecified atom stereocenters. The molecule has 0 aromatic carbocycles. The zero-order chi connectivity index (χ0) is 11.7. The Kier molecular flexibility index (Phi) is 2.86. The molecule has 0 amide bonds. The van der Waals surface area contributed by atoms with Crippen LogP contribution in [0.5, 0.6) is 0 Å². The van der Waals surface area contributed by atoms with Gasteiger partial charge < -0.3 is 9.84 Å². The van der Waals surface area contributed by atoms with E-state index < -0.39 is 5.97 Å². The van der Waals surface area contributed by atoms with E-state index in [1.807, 2.05) is 0 Å². The molecular formula is C8H10N4O3S. The number of aliphatic imine (C=N–C) groups is 1. The van der Waals surface area contributed by atoms with Gasteiger partial charge in [0.25, 0.3) is 0 Å². The number of hydrazine groups is 2. The number of carboxylic acid groups (broad SMARTS) is 1. The van der Waals surface area contributed by atoms with Gasteiger partial charge in [-0.1, -0.05) is 0 Å². The molecule has 0 saturated carbocycles. The number of fused-ring (bicyclic) bond motifs is 1. The van der Waals surface area contributed by atoms with E-state index in [9.17, 15) is 4.79 Å². The number of thiol groups is 1. The smallest absolute Gasteiger partial charge is 0.354 e. The van der Waals surface area contributed by atoms with Crippen molar-refractivity contribution in [1.82, 2.24) is 15.6 Å². The lowest BCUT2D eigenvalue weighted by molar-refractivity contribution is -0.129. The number of carbonyl (C=O) groups is 1. The van der Waals surface area contributed by atoms with E-state index in [1.165, 1.54) is 6.08 Å². The number of hydrogen-bond acceptors (Lipinski definition) is 7. The van der Waals surface area contributed by atoms with Crippen molar-refractivity contribution in [2.75, 3.05) is 13.8 Å². The van der Waals surface area contributed by atoms with Crippen LogP contribution in [0.4, 0.5) is 0 Å². The van der Waals surface area contributed by atoms with Crippen molar-refractivity contribution in [3.63, 3.8) is 0 Å². The maximum atomic E-state index is 10.8. The van der Waals surface area contributed by atoms with E-state index in [1.54, 1.807) is 23.3 Å². The second-order valence-corrected chi connectivity index (χ2v) is 3.57. The van der Waals surface area contributed by atoms with Gasteiger partial charge in [0.1, 0.15) is 6.73 Å². The van der Waals surface area contributed by atoms with Gasteiger partial charge in [-0.25, -0.2) is 14.8 Å². The van der Waals surface area contributed by atoms with Gasteiger partial charge >= 0.3 is 5.97 Å². The quantitative estimate of drug-likeness (QED) is 0.592. The first kappa shape index (κ1) is 11.0. The number of carboxylic acids is 1. The van der Waals surface area contributed by atoms with Crippen LogP contribution in [0.25, 0.3) is 0 Å². The molecule has 0 aromatic rings. The average Bonchev–Trinajstić information content (AvgIpc) is 2.61. The number of nitrogens with zero attached hydrogens (tertiary/aromatic N) is 3. The van der Waals surface area contributed by atoms with Crippen LogP contribution in [-0.2, 0) is 9.53 Å². The predicted octanol–water partition coefficient (Wildman–Crippen LogP) is -0.263. The highest BCUT2D eigenvalue weighted by atomic mass is 32.1. The van der Waals surface area contributed by atoms with E-state index in [4.69, 9.17) is 9.84 Å². The second-order valence-electron chi connectivity index (χ2n) is 3.12. The van der Waals surface area contributed by atoms with Crippen LogP contribution in [0.3, 0.4) is 0 Å². The molecule has 0 radical (unpaired) electrons. The van der Waals surface area contributed by atoms with Gasteiger partial charge in [-0.2, -0.15) is 0 Å². The van der Waals surface area contributed by atoms with Crippen molar-refractivity contribution in [1.29, 1.82) is 0 Å². The highest BCUT2D eigenvalue weighted by Gasteiger charge is 2.27. The van der Waals surface area contributed by atoms with Crippen LogP contribution in [0.1, 0.15) is 0 Å². The average molecular weight is 242 g/mol. The fraction of sp³-hybridized carbons (Fsp3) is 0.250. The summed E-state index contributed by atoms with van der Waals surface area (Å²) in [6.07, 6.45) is 3.00. The number of nitrogens with one attached hydrogen (secondary N) is 1. The number of methoxy groups -OCH3 is 1. The van der Waals surface area contributed by atoms with E-state index in [2.05, 4.69) is 23.2 Å². The molecule has 2 N–H and O–H groups in total. The van der Waals surface area contributed by atoms with Crippen LogP contribution in [0.15, 0.2) is 28.1 Å². The lowest BCUT2D eigenvalue weighted by Crippen LogP contribution is -2.41. The van der Waals surface area contributed by atoms with Crippen molar-refractivity contribution in [3.05, 3.63) is 23.1 Å². The molecule has 7 nitrogen and oxygen atoms in total. The molecular weight excluding hydrogens is 232 g/mol. The molecule has 2 rings (SSSR count). The Labute approximate surface area is 97.0 Å². The molecule has 0 saturated heterocycles. The summed E-state index contributed by atoms with van der Waals surface area (Å²) < 4.78 is 4.92. The fourth-order valence-electron chi connectivity index (χ4n) is 1.31. The van der Waals surface area contributed by atoms with Crippen molar-refractivity contribution in [3.8, 4) is 0 Å². The summed E-state index contributed by atoms with van der Waals surface area (Å²) in [6, 6.07) is 0. The summed E-state index contributed by atoms with van der Waals surface area (Å²) in [5.74, 6) is -0.626. The first-order chi connectivity index (χ1) is 7.61. The molecule has 0 atom stereocenters. The highest BCUT2D eigenvalue weighted by molar-refractivity contribution is 7.84. The summed E-state index contributed by atoms with van der Waals surface area (Å²) in [4.78, 5) is 14.7. The maximum absolute atomic E-state index is 10.8. The van der Waals surface area contributed by atoms with Gasteiger partial charge in [0.2, 0.25) is 0 Å². The van der Waals surface area contributed by atoms with Crippen molar-refractivity contribution in [2.24, 2.45) is 4.99 Å². The third kappa shape index (κ3) is 1.90. The van der Waals surface area contributed by atoms with E-state index in [0.717, 1.165) is 0 Å². The SMILES string of the molecule is COCN1C=C2N=C(C(=O)O)C=C(S)N2N1. The summed E-state index contributed by atoms with van der Waals surface area (Å²) >= 11 is 4.17. The van der Waals surface area contributed by atoms with E-state index in [0.29, 0.717) is 17.6 Å². The third-order valence-electron chi connectivity index (χ3n) is 1.95. The number of rotatable bonds is 3. The Morgan fingerprint density at radius 2 is 2.50 bits per heavy atom. The Morgan fingerprint density at radius 3 is 3.12 bits per heavy atom. The molecule has 86 valence electrons. The molecule has 2 heterocycles. The third-order valence-corrected chi connectivity index (χ3v) is 2.28. The number of ether oxygens (including phenoxy) is 1. The Hall–Kier alpha value is -1.51. The topological polar surface area (TPSA) is 77.4 Å². The Bertz CT molecular complexity index is 418. The normalized spacial score (nSPS) is 19.0. The molecule has 0 aliphatic carbocycles. The molecule has 8 heteroatoms. The van der Waals surface area contributed by atoms with Gasteiger partial charge in [-0.05, 0) is 0 Å². The molecule has 2 aliphatic rings. The molecule has 0 spiro atoms. The van der Waals surface area contributed by atoms with Crippen molar-refractivity contribution >= 4 is 24.3 Å².